The van der Waals surface area contributed by atoms with Crippen LogP contribution in [0.3, 0.4) is 0 Å². The van der Waals surface area contributed by atoms with Crippen LogP contribution in [-0.4, -0.2) is 21.0 Å². The number of carbonyl (C=O) groups is 1. The third-order valence-electron chi connectivity index (χ3n) is 3.09. The number of benzene rings is 2. The number of anilines is 1. The summed E-state index contributed by atoms with van der Waals surface area (Å²) in [4.78, 5) is 11.5. The Balaban J connectivity index is 2.20. The Morgan fingerprint density at radius 2 is 1.83 bits per heavy atom. The SMILES string of the molecule is CCOC(=O)c1ccc(NS(=O)(=O)c2ccc(F)c(C)c2)cc1. The first kappa shape index (κ1) is 17.0. The lowest BCUT2D eigenvalue weighted by atomic mass is 10.2. The van der Waals surface area contributed by atoms with Gasteiger partial charge in [0.25, 0.3) is 10.0 Å². The summed E-state index contributed by atoms with van der Waals surface area (Å²) in [6.45, 7) is 3.45. The summed E-state index contributed by atoms with van der Waals surface area (Å²) in [6, 6.07) is 9.40. The molecule has 0 saturated heterocycles. The van der Waals surface area contributed by atoms with Crippen LogP contribution in [0.1, 0.15) is 22.8 Å². The second kappa shape index (κ2) is 6.78. The van der Waals surface area contributed by atoms with Crippen molar-refractivity contribution in [2.75, 3.05) is 11.3 Å². The summed E-state index contributed by atoms with van der Waals surface area (Å²) in [7, 11) is -3.83. The zero-order chi connectivity index (χ0) is 17.0. The van der Waals surface area contributed by atoms with Gasteiger partial charge in [0.05, 0.1) is 17.1 Å². The zero-order valence-corrected chi connectivity index (χ0v) is 13.5. The summed E-state index contributed by atoms with van der Waals surface area (Å²) in [5.74, 6) is -0.946. The molecule has 0 aliphatic carbocycles. The quantitative estimate of drug-likeness (QED) is 0.851. The average molecular weight is 337 g/mol. The van der Waals surface area contributed by atoms with Gasteiger partial charge in [-0.25, -0.2) is 17.6 Å². The summed E-state index contributed by atoms with van der Waals surface area (Å²) < 4.78 is 45.0. The Labute approximate surface area is 134 Å². The van der Waals surface area contributed by atoms with Crippen LogP contribution >= 0.6 is 0 Å². The predicted octanol–water partition coefficient (Wildman–Crippen LogP) is 3.11. The molecule has 0 spiro atoms. The molecule has 2 rings (SSSR count). The molecule has 0 bridgehead atoms. The van der Waals surface area contributed by atoms with Gasteiger partial charge in [-0.15, -0.1) is 0 Å². The van der Waals surface area contributed by atoms with Crippen LogP contribution in [0.5, 0.6) is 0 Å². The van der Waals surface area contributed by atoms with Crippen molar-refractivity contribution in [3.63, 3.8) is 0 Å². The van der Waals surface area contributed by atoms with Gasteiger partial charge in [0, 0.05) is 5.69 Å². The Morgan fingerprint density at radius 1 is 1.17 bits per heavy atom. The molecule has 7 heteroatoms. The van der Waals surface area contributed by atoms with Gasteiger partial charge in [-0.2, -0.15) is 0 Å². The first-order chi connectivity index (χ1) is 10.8. The summed E-state index contributed by atoms with van der Waals surface area (Å²) in [6.07, 6.45) is 0. The first-order valence-electron chi connectivity index (χ1n) is 6.89. The zero-order valence-electron chi connectivity index (χ0n) is 12.7. The molecule has 0 unspecified atom stereocenters. The minimum Gasteiger partial charge on any atom is -0.462 e. The van der Waals surface area contributed by atoms with Gasteiger partial charge in [-0.3, -0.25) is 4.72 Å². The van der Waals surface area contributed by atoms with Gasteiger partial charge in [0.2, 0.25) is 0 Å². The maximum Gasteiger partial charge on any atom is 0.338 e. The lowest BCUT2D eigenvalue weighted by Gasteiger charge is -2.09. The van der Waals surface area contributed by atoms with Gasteiger partial charge in [-0.05, 0) is 61.9 Å². The minimum atomic E-state index is -3.83. The molecule has 2 aromatic rings. The highest BCUT2D eigenvalue weighted by molar-refractivity contribution is 7.92. The third kappa shape index (κ3) is 4.07. The first-order valence-corrected chi connectivity index (χ1v) is 8.38. The van der Waals surface area contributed by atoms with Crippen LogP contribution in [0.4, 0.5) is 10.1 Å². The number of hydrogen-bond donors (Lipinski definition) is 1. The largest absolute Gasteiger partial charge is 0.462 e. The van der Waals surface area contributed by atoms with Gasteiger partial charge in [0.15, 0.2) is 0 Å². The van der Waals surface area contributed by atoms with Crippen LogP contribution in [0.15, 0.2) is 47.4 Å². The Kier molecular flexibility index (Phi) is 5.00. The number of aryl methyl sites for hydroxylation is 1. The molecular weight excluding hydrogens is 321 g/mol. The van der Waals surface area contributed by atoms with E-state index in [1.54, 1.807) is 6.92 Å². The number of ether oxygens (including phenoxy) is 1. The van der Waals surface area contributed by atoms with Crippen molar-refractivity contribution in [2.45, 2.75) is 18.7 Å². The molecule has 0 radical (unpaired) electrons. The smallest absolute Gasteiger partial charge is 0.338 e. The molecule has 0 aliphatic heterocycles. The topological polar surface area (TPSA) is 72.5 Å². The molecular formula is C16H16FNO4S. The van der Waals surface area contributed by atoms with Crippen molar-refractivity contribution >= 4 is 21.7 Å². The standard InChI is InChI=1S/C16H16FNO4S/c1-3-22-16(19)12-4-6-13(7-5-12)18-23(20,21)14-8-9-15(17)11(2)10-14/h4-10,18H,3H2,1-2H3. The van der Waals surface area contributed by atoms with Crippen molar-refractivity contribution in [1.29, 1.82) is 0 Å². The number of nitrogens with one attached hydrogen (secondary N) is 1. The number of hydrogen-bond acceptors (Lipinski definition) is 4. The second-order valence-electron chi connectivity index (χ2n) is 4.81. The van der Waals surface area contributed by atoms with E-state index < -0.39 is 21.8 Å². The Hall–Kier alpha value is -2.41. The Morgan fingerprint density at radius 3 is 2.39 bits per heavy atom. The van der Waals surface area contributed by atoms with E-state index in [0.29, 0.717) is 11.3 Å². The van der Waals surface area contributed by atoms with E-state index in [0.717, 1.165) is 6.07 Å². The van der Waals surface area contributed by atoms with Gasteiger partial charge >= 0.3 is 5.97 Å². The molecule has 0 amide bonds. The highest BCUT2D eigenvalue weighted by atomic mass is 32.2. The number of halogens is 1. The van der Waals surface area contributed by atoms with Gasteiger partial charge < -0.3 is 4.74 Å². The summed E-state index contributed by atoms with van der Waals surface area (Å²) in [5.41, 5.74) is 0.859. The van der Waals surface area contributed by atoms with E-state index in [2.05, 4.69) is 4.72 Å². The fraction of sp³-hybridized carbons (Fsp3) is 0.188. The maximum atomic E-state index is 13.2. The number of carbonyl (C=O) groups excluding carboxylic acids is 1. The molecule has 2 aromatic carbocycles. The van der Waals surface area contributed by atoms with E-state index >= 15 is 0 Å². The molecule has 0 saturated carbocycles. The van der Waals surface area contributed by atoms with Crippen molar-refractivity contribution < 1.29 is 22.3 Å². The fourth-order valence-corrected chi connectivity index (χ4v) is 3.03. The normalized spacial score (nSPS) is 11.1. The van der Waals surface area contributed by atoms with E-state index in [-0.39, 0.29) is 17.1 Å². The molecule has 122 valence electrons. The molecule has 5 nitrogen and oxygen atoms in total. The van der Waals surface area contributed by atoms with Crippen molar-refractivity contribution in [2.24, 2.45) is 0 Å². The lowest BCUT2D eigenvalue weighted by molar-refractivity contribution is 0.0526. The monoisotopic (exact) mass is 337 g/mol. The number of sulfonamides is 1. The second-order valence-corrected chi connectivity index (χ2v) is 6.50. The average Bonchev–Trinajstić information content (AvgIpc) is 2.50. The van der Waals surface area contributed by atoms with Crippen molar-refractivity contribution in [3.05, 3.63) is 59.4 Å². The van der Waals surface area contributed by atoms with Crippen LogP contribution < -0.4 is 4.72 Å². The molecule has 0 aromatic heterocycles. The number of rotatable bonds is 5. The van der Waals surface area contributed by atoms with Crippen LogP contribution in [0.25, 0.3) is 0 Å². The fourth-order valence-electron chi connectivity index (χ4n) is 1.89. The van der Waals surface area contributed by atoms with Crippen molar-refractivity contribution in [1.82, 2.24) is 0 Å². The maximum absolute atomic E-state index is 13.2. The van der Waals surface area contributed by atoms with Gasteiger partial charge in [-0.1, -0.05) is 0 Å². The molecule has 1 N–H and O–H groups in total. The van der Waals surface area contributed by atoms with E-state index in [9.17, 15) is 17.6 Å². The third-order valence-corrected chi connectivity index (χ3v) is 4.47. The molecule has 23 heavy (non-hydrogen) atoms. The van der Waals surface area contributed by atoms with Gasteiger partial charge in [0.1, 0.15) is 5.82 Å². The molecule has 0 heterocycles. The molecule has 0 fully saturated rings. The summed E-state index contributed by atoms with van der Waals surface area (Å²) >= 11 is 0. The van der Waals surface area contributed by atoms with Crippen LogP contribution in [0, 0.1) is 12.7 Å². The van der Waals surface area contributed by atoms with E-state index in [4.69, 9.17) is 4.74 Å². The lowest BCUT2D eigenvalue weighted by Crippen LogP contribution is -2.13. The van der Waals surface area contributed by atoms with Crippen LogP contribution in [-0.2, 0) is 14.8 Å². The van der Waals surface area contributed by atoms with Crippen molar-refractivity contribution in [3.8, 4) is 0 Å². The van der Waals surface area contributed by atoms with Crippen LogP contribution in [0.2, 0.25) is 0 Å². The van der Waals surface area contributed by atoms with E-state index in [1.807, 2.05) is 0 Å². The minimum absolute atomic E-state index is 0.0362. The molecule has 0 aliphatic rings. The molecule has 0 atom stereocenters. The van der Waals surface area contributed by atoms with E-state index in [1.165, 1.54) is 43.3 Å². The summed E-state index contributed by atoms with van der Waals surface area (Å²) in [5, 5.41) is 0. The predicted molar refractivity (Wildman–Crippen MR) is 84.3 cm³/mol. The highest BCUT2D eigenvalue weighted by Crippen LogP contribution is 2.19. The Bertz CT molecular complexity index is 816. The number of esters is 1. The highest BCUT2D eigenvalue weighted by Gasteiger charge is 2.16.